The molecule has 0 atom stereocenters. The van der Waals surface area contributed by atoms with Crippen molar-refractivity contribution in [3.8, 4) is 11.5 Å². The summed E-state index contributed by atoms with van der Waals surface area (Å²) in [6.07, 6.45) is 2.20. The van der Waals surface area contributed by atoms with Crippen molar-refractivity contribution in [3.63, 3.8) is 0 Å². The maximum absolute atomic E-state index is 12.7. The van der Waals surface area contributed by atoms with Gasteiger partial charge in [-0.1, -0.05) is 25.1 Å². The van der Waals surface area contributed by atoms with E-state index in [-0.39, 0.29) is 17.4 Å². The van der Waals surface area contributed by atoms with Crippen molar-refractivity contribution < 1.29 is 15.0 Å². The smallest absolute Gasteiger partial charge is 0.280 e. The average Bonchev–Trinajstić information content (AvgIpc) is 2.87. The van der Waals surface area contributed by atoms with Gasteiger partial charge in [-0.3, -0.25) is 4.79 Å². The van der Waals surface area contributed by atoms with Gasteiger partial charge in [0.15, 0.2) is 0 Å². The molecule has 0 saturated heterocycles. The summed E-state index contributed by atoms with van der Waals surface area (Å²) in [5.41, 5.74) is 2.26. The first-order valence-corrected chi connectivity index (χ1v) is 7.31. The molecule has 0 saturated carbocycles. The van der Waals surface area contributed by atoms with E-state index in [1.807, 2.05) is 37.3 Å². The Kier molecular flexibility index (Phi) is 3.85. The largest absolute Gasteiger partial charge is 0.508 e. The number of carbonyl (C=O) groups is 1. The Morgan fingerprint density at radius 2 is 1.87 bits per heavy atom. The molecule has 116 valence electrons. The van der Waals surface area contributed by atoms with Crippen molar-refractivity contribution in [2.24, 2.45) is 5.10 Å². The van der Waals surface area contributed by atoms with Crippen molar-refractivity contribution in [1.82, 2.24) is 0 Å². The summed E-state index contributed by atoms with van der Waals surface area (Å²) in [6.45, 7) is 1.92. The summed E-state index contributed by atoms with van der Waals surface area (Å²) >= 11 is 0. The fraction of sp³-hybridized carbons (Fsp3) is 0.111. The van der Waals surface area contributed by atoms with E-state index in [1.165, 1.54) is 17.1 Å². The van der Waals surface area contributed by atoms with Gasteiger partial charge < -0.3 is 10.2 Å². The monoisotopic (exact) mass is 308 g/mol. The average molecular weight is 308 g/mol. The SMILES string of the molecule is CCC1=NN(c2ccccc2)C(=O)/C1=C/c1ccc(O)cc1O. The molecule has 0 fully saturated rings. The molecule has 1 aliphatic rings. The lowest BCUT2D eigenvalue weighted by atomic mass is 10.0. The summed E-state index contributed by atoms with van der Waals surface area (Å²) in [5.74, 6) is -0.350. The lowest BCUT2D eigenvalue weighted by Crippen LogP contribution is -2.21. The van der Waals surface area contributed by atoms with Crippen LogP contribution in [0, 0.1) is 0 Å². The number of aromatic hydroxyl groups is 2. The topological polar surface area (TPSA) is 73.1 Å². The minimum atomic E-state index is -0.236. The number of hydrogen-bond donors (Lipinski definition) is 2. The van der Waals surface area contributed by atoms with Crippen LogP contribution in [0.3, 0.4) is 0 Å². The number of phenolic OH excluding ortho intramolecular Hbond substituents is 2. The summed E-state index contributed by atoms with van der Waals surface area (Å²) in [4.78, 5) is 12.7. The highest BCUT2D eigenvalue weighted by Gasteiger charge is 2.30. The maximum atomic E-state index is 12.7. The molecule has 2 aromatic rings. The number of phenols is 2. The fourth-order valence-corrected chi connectivity index (χ4v) is 2.42. The third-order valence-corrected chi connectivity index (χ3v) is 3.60. The van der Waals surface area contributed by atoms with Crippen LogP contribution < -0.4 is 5.01 Å². The highest BCUT2D eigenvalue weighted by Crippen LogP contribution is 2.29. The number of hydrazone groups is 1. The van der Waals surface area contributed by atoms with Crippen molar-refractivity contribution in [2.45, 2.75) is 13.3 Å². The molecule has 1 heterocycles. The third kappa shape index (κ3) is 2.81. The Bertz CT molecular complexity index is 810. The predicted octanol–water partition coefficient (Wildman–Crippen LogP) is 3.29. The van der Waals surface area contributed by atoms with E-state index in [0.717, 1.165) is 0 Å². The standard InChI is InChI=1S/C18H16N2O3/c1-2-16-15(10-12-8-9-14(21)11-17(12)22)18(23)20(19-16)13-6-4-3-5-7-13/h3-11,21-22H,2H2,1H3/b15-10+. The maximum Gasteiger partial charge on any atom is 0.280 e. The first kappa shape index (κ1) is 14.8. The van der Waals surface area contributed by atoms with Crippen LogP contribution in [0.2, 0.25) is 0 Å². The molecule has 23 heavy (non-hydrogen) atoms. The van der Waals surface area contributed by atoms with Gasteiger partial charge in [-0.2, -0.15) is 10.1 Å². The van der Waals surface area contributed by atoms with E-state index >= 15 is 0 Å². The number of rotatable bonds is 3. The van der Waals surface area contributed by atoms with E-state index < -0.39 is 0 Å². The lowest BCUT2D eigenvalue weighted by molar-refractivity contribution is -0.114. The number of nitrogens with zero attached hydrogens (tertiary/aromatic N) is 2. The highest BCUT2D eigenvalue weighted by atomic mass is 16.3. The molecular formula is C18H16N2O3. The van der Waals surface area contributed by atoms with E-state index in [9.17, 15) is 15.0 Å². The second-order valence-electron chi connectivity index (χ2n) is 5.15. The zero-order valence-electron chi connectivity index (χ0n) is 12.6. The zero-order chi connectivity index (χ0) is 16.4. The Morgan fingerprint density at radius 1 is 1.13 bits per heavy atom. The molecule has 1 aliphatic heterocycles. The molecule has 0 unspecified atom stereocenters. The molecule has 1 amide bonds. The molecule has 0 aromatic heterocycles. The van der Waals surface area contributed by atoms with Crippen molar-refractivity contribution >= 4 is 23.4 Å². The van der Waals surface area contributed by atoms with E-state index in [4.69, 9.17) is 0 Å². The molecule has 3 rings (SSSR count). The highest BCUT2D eigenvalue weighted by molar-refractivity contribution is 6.32. The number of para-hydroxylation sites is 1. The van der Waals surface area contributed by atoms with Gasteiger partial charge in [0.1, 0.15) is 11.5 Å². The molecule has 5 nitrogen and oxygen atoms in total. The van der Waals surface area contributed by atoms with Gasteiger partial charge in [0, 0.05) is 11.6 Å². The number of hydrogen-bond acceptors (Lipinski definition) is 4. The van der Waals surface area contributed by atoms with Crippen LogP contribution in [-0.2, 0) is 4.79 Å². The summed E-state index contributed by atoms with van der Waals surface area (Å²) in [6, 6.07) is 13.5. The number of anilines is 1. The lowest BCUT2D eigenvalue weighted by Gasteiger charge is -2.11. The molecule has 2 N–H and O–H groups in total. The zero-order valence-corrected chi connectivity index (χ0v) is 12.6. The van der Waals surface area contributed by atoms with Crippen LogP contribution in [0.15, 0.2) is 59.2 Å². The van der Waals surface area contributed by atoms with E-state index in [2.05, 4.69) is 5.10 Å². The second-order valence-corrected chi connectivity index (χ2v) is 5.15. The van der Waals surface area contributed by atoms with Gasteiger partial charge in [-0.25, -0.2) is 0 Å². The summed E-state index contributed by atoms with van der Waals surface area (Å²) in [7, 11) is 0. The number of benzene rings is 2. The Morgan fingerprint density at radius 3 is 2.52 bits per heavy atom. The van der Waals surface area contributed by atoms with Crippen LogP contribution in [0.5, 0.6) is 11.5 Å². The first-order chi connectivity index (χ1) is 11.1. The van der Waals surface area contributed by atoms with Gasteiger partial charge in [0.2, 0.25) is 0 Å². The van der Waals surface area contributed by atoms with Gasteiger partial charge in [-0.15, -0.1) is 0 Å². The molecule has 0 spiro atoms. The molecule has 0 bridgehead atoms. The van der Waals surface area contributed by atoms with Gasteiger partial charge in [-0.05, 0) is 36.8 Å². The molecule has 5 heteroatoms. The van der Waals surface area contributed by atoms with Crippen LogP contribution in [0.25, 0.3) is 6.08 Å². The summed E-state index contributed by atoms with van der Waals surface area (Å²) in [5, 5.41) is 25.0. The van der Waals surface area contributed by atoms with E-state index in [1.54, 1.807) is 12.1 Å². The quantitative estimate of drug-likeness (QED) is 0.855. The van der Waals surface area contributed by atoms with Gasteiger partial charge in [0.05, 0.1) is 17.0 Å². The van der Waals surface area contributed by atoms with Crippen molar-refractivity contribution in [1.29, 1.82) is 0 Å². The molecular weight excluding hydrogens is 292 g/mol. The molecule has 2 aromatic carbocycles. The number of amides is 1. The van der Waals surface area contributed by atoms with Crippen LogP contribution in [0.1, 0.15) is 18.9 Å². The first-order valence-electron chi connectivity index (χ1n) is 7.31. The van der Waals surface area contributed by atoms with Crippen LogP contribution in [-0.4, -0.2) is 21.8 Å². The van der Waals surface area contributed by atoms with E-state index in [0.29, 0.717) is 29.0 Å². The Hall–Kier alpha value is -3.08. The summed E-state index contributed by atoms with van der Waals surface area (Å²) < 4.78 is 0. The molecule has 0 aliphatic carbocycles. The predicted molar refractivity (Wildman–Crippen MR) is 89.4 cm³/mol. The van der Waals surface area contributed by atoms with Gasteiger partial charge in [0.25, 0.3) is 5.91 Å². The Labute approximate surface area is 133 Å². The molecule has 0 radical (unpaired) electrons. The second kappa shape index (κ2) is 5.96. The minimum Gasteiger partial charge on any atom is -0.508 e. The van der Waals surface area contributed by atoms with Gasteiger partial charge >= 0.3 is 0 Å². The fourth-order valence-electron chi connectivity index (χ4n) is 2.42. The van der Waals surface area contributed by atoms with Crippen molar-refractivity contribution in [3.05, 3.63) is 59.7 Å². The van der Waals surface area contributed by atoms with Crippen LogP contribution >= 0.6 is 0 Å². The normalized spacial score (nSPS) is 16.0. The Balaban J connectivity index is 2.01. The number of carbonyl (C=O) groups excluding carboxylic acids is 1. The minimum absolute atomic E-state index is 0.0299. The van der Waals surface area contributed by atoms with Crippen molar-refractivity contribution in [2.75, 3.05) is 5.01 Å². The third-order valence-electron chi connectivity index (χ3n) is 3.60. The van der Waals surface area contributed by atoms with Crippen LogP contribution in [0.4, 0.5) is 5.69 Å².